The van der Waals surface area contributed by atoms with Crippen molar-refractivity contribution in [1.29, 1.82) is 0 Å². The van der Waals surface area contributed by atoms with E-state index in [2.05, 4.69) is 17.1 Å². The lowest BCUT2D eigenvalue weighted by Gasteiger charge is -2.31. The monoisotopic (exact) mass is 216 g/mol. The van der Waals surface area contributed by atoms with Crippen molar-refractivity contribution in [3.8, 4) is 0 Å². The van der Waals surface area contributed by atoms with Gasteiger partial charge >= 0.3 is 0 Å². The summed E-state index contributed by atoms with van der Waals surface area (Å²) in [7, 11) is 1.61. The van der Waals surface area contributed by atoms with Crippen LogP contribution in [0.15, 0.2) is 0 Å². The molecule has 5 nitrogen and oxygen atoms in total. The molecule has 1 amide bonds. The Balaban J connectivity index is 2.25. The maximum absolute atomic E-state index is 11.6. The van der Waals surface area contributed by atoms with Gasteiger partial charge in [0.2, 0.25) is 0 Å². The maximum Gasteiger partial charge on any atom is 0.250 e. The minimum Gasteiger partial charge on any atom is -0.383 e. The third kappa shape index (κ3) is 4.15. The Hall–Kier alpha value is -0.650. The lowest BCUT2D eigenvalue weighted by molar-refractivity contribution is -0.138. The summed E-state index contributed by atoms with van der Waals surface area (Å²) in [5.41, 5.74) is 0. The number of rotatable bonds is 5. The molecule has 1 fully saturated rings. The Labute approximate surface area is 90.7 Å². The van der Waals surface area contributed by atoms with Crippen LogP contribution in [-0.4, -0.2) is 63.4 Å². The molecule has 1 atom stereocenters. The molecule has 0 spiro atoms. The number of carbonyl (C=O) groups is 1. The third-order valence-electron chi connectivity index (χ3n) is 2.50. The topological polar surface area (TPSA) is 50.8 Å². The van der Waals surface area contributed by atoms with E-state index in [1.807, 2.05) is 0 Å². The van der Waals surface area contributed by atoms with Gasteiger partial charge in [-0.05, 0) is 6.54 Å². The molecule has 0 radical (unpaired) electrons. The lowest BCUT2D eigenvalue weighted by Crippen LogP contribution is -2.50. The predicted molar refractivity (Wildman–Crippen MR) is 56.7 cm³/mol. The Morgan fingerprint density at radius 1 is 1.67 bits per heavy atom. The van der Waals surface area contributed by atoms with Crippen molar-refractivity contribution in [2.75, 3.05) is 46.5 Å². The first kappa shape index (κ1) is 12.4. The first-order valence-electron chi connectivity index (χ1n) is 5.38. The summed E-state index contributed by atoms with van der Waals surface area (Å²) in [5, 5.41) is 2.78. The Morgan fingerprint density at radius 2 is 2.47 bits per heavy atom. The number of hydrogen-bond acceptors (Lipinski definition) is 4. The quantitative estimate of drug-likeness (QED) is 0.628. The summed E-state index contributed by atoms with van der Waals surface area (Å²) in [6.45, 7) is 6.37. The van der Waals surface area contributed by atoms with Crippen molar-refractivity contribution in [3.05, 3.63) is 0 Å². The number of morpholine rings is 1. The number of methoxy groups -OCH3 is 1. The molecule has 1 heterocycles. The van der Waals surface area contributed by atoms with Crippen LogP contribution in [0.2, 0.25) is 0 Å². The van der Waals surface area contributed by atoms with Crippen molar-refractivity contribution in [3.63, 3.8) is 0 Å². The normalized spacial score (nSPS) is 22.7. The molecule has 0 aromatic heterocycles. The number of likely N-dealkylation sites (N-methyl/N-ethyl adjacent to an activating group) is 1. The summed E-state index contributed by atoms with van der Waals surface area (Å²) in [6, 6.07) is 0. The molecule has 0 saturated carbocycles. The summed E-state index contributed by atoms with van der Waals surface area (Å²) in [5.74, 6) is -0.0369. The molecule has 1 aliphatic heterocycles. The van der Waals surface area contributed by atoms with Gasteiger partial charge in [-0.15, -0.1) is 0 Å². The molecule has 1 saturated heterocycles. The van der Waals surface area contributed by atoms with E-state index in [1.165, 1.54) is 0 Å². The first-order valence-corrected chi connectivity index (χ1v) is 5.38. The molecule has 15 heavy (non-hydrogen) atoms. The SMILES string of the molecule is CCN1CCOC(C(=O)NCCOC)C1. The lowest BCUT2D eigenvalue weighted by atomic mass is 10.2. The Morgan fingerprint density at radius 3 is 3.13 bits per heavy atom. The van der Waals surface area contributed by atoms with E-state index in [-0.39, 0.29) is 12.0 Å². The van der Waals surface area contributed by atoms with E-state index < -0.39 is 0 Å². The molecule has 1 N–H and O–H groups in total. The van der Waals surface area contributed by atoms with Crippen molar-refractivity contribution < 1.29 is 14.3 Å². The van der Waals surface area contributed by atoms with Gasteiger partial charge in [-0.1, -0.05) is 6.92 Å². The summed E-state index contributed by atoms with van der Waals surface area (Å²) >= 11 is 0. The summed E-state index contributed by atoms with van der Waals surface area (Å²) < 4.78 is 10.3. The zero-order chi connectivity index (χ0) is 11.1. The Kier molecular flexibility index (Phi) is 5.60. The highest BCUT2D eigenvalue weighted by molar-refractivity contribution is 5.81. The second kappa shape index (κ2) is 6.76. The maximum atomic E-state index is 11.6. The first-order chi connectivity index (χ1) is 7.27. The minimum atomic E-state index is -0.324. The fourth-order valence-corrected chi connectivity index (χ4v) is 1.54. The molecule has 88 valence electrons. The molecular weight excluding hydrogens is 196 g/mol. The van der Waals surface area contributed by atoms with Gasteiger partial charge in [0, 0.05) is 26.7 Å². The predicted octanol–water partition coefficient (Wildman–Crippen LogP) is -0.530. The van der Waals surface area contributed by atoms with Crippen LogP contribution in [0.3, 0.4) is 0 Å². The smallest absolute Gasteiger partial charge is 0.250 e. The van der Waals surface area contributed by atoms with Gasteiger partial charge in [-0.25, -0.2) is 0 Å². The fraction of sp³-hybridized carbons (Fsp3) is 0.900. The van der Waals surface area contributed by atoms with Crippen LogP contribution in [0, 0.1) is 0 Å². The Bertz CT molecular complexity index is 199. The van der Waals surface area contributed by atoms with Crippen molar-refractivity contribution in [1.82, 2.24) is 10.2 Å². The zero-order valence-corrected chi connectivity index (χ0v) is 9.49. The van der Waals surface area contributed by atoms with Gasteiger partial charge in [0.15, 0.2) is 0 Å². The van der Waals surface area contributed by atoms with E-state index in [0.717, 1.165) is 13.1 Å². The van der Waals surface area contributed by atoms with Crippen LogP contribution in [0.1, 0.15) is 6.92 Å². The standard InChI is InChI=1S/C10H20N2O3/c1-3-12-5-7-15-9(8-12)10(13)11-4-6-14-2/h9H,3-8H2,1-2H3,(H,11,13). The van der Waals surface area contributed by atoms with Crippen molar-refractivity contribution in [2.45, 2.75) is 13.0 Å². The largest absolute Gasteiger partial charge is 0.383 e. The van der Waals surface area contributed by atoms with Crippen LogP contribution in [0.25, 0.3) is 0 Å². The van der Waals surface area contributed by atoms with Crippen LogP contribution in [0.5, 0.6) is 0 Å². The number of nitrogens with one attached hydrogen (secondary N) is 1. The van der Waals surface area contributed by atoms with Gasteiger partial charge in [-0.3, -0.25) is 9.69 Å². The molecule has 1 aliphatic rings. The number of ether oxygens (including phenoxy) is 2. The molecule has 0 bridgehead atoms. The average Bonchev–Trinajstić information content (AvgIpc) is 2.29. The summed E-state index contributed by atoms with van der Waals surface area (Å²) in [6.07, 6.45) is -0.324. The molecule has 1 rings (SSSR count). The molecule has 5 heteroatoms. The number of nitrogens with zero attached hydrogens (tertiary/aromatic N) is 1. The highest BCUT2D eigenvalue weighted by atomic mass is 16.5. The van der Waals surface area contributed by atoms with E-state index in [1.54, 1.807) is 7.11 Å². The zero-order valence-electron chi connectivity index (χ0n) is 9.49. The van der Waals surface area contributed by atoms with E-state index in [4.69, 9.17) is 9.47 Å². The van der Waals surface area contributed by atoms with Crippen LogP contribution < -0.4 is 5.32 Å². The van der Waals surface area contributed by atoms with Gasteiger partial charge < -0.3 is 14.8 Å². The number of carbonyl (C=O) groups excluding carboxylic acids is 1. The van der Waals surface area contributed by atoms with Crippen LogP contribution in [-0.2, 0) is 14.3 Å². The van der Waals surface area contributed by atoms with Crippen molar-refractivity contribution >= 4 is 5.91 Å². The minimum absolute atomic E-state index is 0.0369. The molecule has 0 aromatic rings. The van der Waals surface area contributed by atoms with Crippen LogP contribution >= 0.6 is 0 Å². The molecule has 0 aromatic carbocycles. The second-order valence-corrected chi connectivity index (χ2v) is 3.54. The van der Waals surface area contributed by atoms with Crippen molar-refractivity contribution in [2.24, 2.45) is 0 Å². The average molecular weight is 216 g/mol. The number of hydrogen-bond donors (Lipinski definition) is 1. The van der Waals surface area contributed by atoms with Gasteiger partial charge in [0.1, 0.15) is 6.10 Å². The molecular formula is C10H20N2O3. The summed E-state index contributed by atoms with van der Waals surface area (Å²) in [4.78, 5) is 13.8. The van der Waals surface area contributed by atoms with Gasteiger partial charge in [-0.2, -0.15) is 0 Å². The molecule has 1 unspecified atom stereocenters. The fourth-order valence-electron chi connectivity index (χ4n) is 1.54. The molecule has 0 aliphatic carbocycles. The third-order valence-corrected chi connectivity index (χ3v) is 2.50. The number of amides is 1. The second-order valence-electron chi connectivity index (χ2n) is 3.54. The highest BCUT2D eigenvalue weighted by Gasteiger charge is 2.25. The van der Waals surface area contributed by atoms with E-state index in [9.17, 15) is 4.79 Å². The highest BCUT2D eigenvalue weighted by Crippen LogP contribution is 2.04. The van der Waals surface area contributed by atoms with Gasteiger partial charge in [0.05, 0.1) is 13.2 Å². The van der Waals surface area contributed by atoms with Crippen LogP contribution in [0.4, 0.5) is 0 Å². The van der Waals surface area contributed by atoms with E-state index in [0.29, 0.717) is 26.3 Å². The van der Waals surface area contributed by atoms with Gasteiger partial charge in [0.25, 0.3) is 5.91 Å². The van der Waals surface area contributed by atoms with E-state index >= 15 is 0 Å².